The zero-order valence-corrected chi connectivity index (χ0v) is 19.2. The van der Waals surface area contributed by atoms with Crippen LogP contribution in [-0.4, -0.2) is 35.4 Å². The summed E-state index contributed by atoms with van der Waals surface area (Å²) in [6.45, 7) is 2.78. The number of rotatable bonds is 7. The van der Waals surface area contributed by atoms with Crippen LogP contribution in [0.4, 0.5) is 5.13 Å². The first kappa shape index (κ1) is 21.8. The smallest absolute Gasteiger partial charge is 0.231 e. The largest absolute Gasteiger partial charge is 0.497 e. The van der Waals surface area contributed by atoms with Gasteiger partial charge in [0.15, 0.2) is 5.13 Å². The third-order valence-electron chi connectivity index (χ3n) is 6.33. The Hall–Kier alpha value is -2.41. The molecule has 1 saturated heterocycles. The van der Waals surface area contributed by atoms with Crippen molar-refractivity contribution in [1.29, 1.82) is 0 Å². The highest BCUT2D eigenvalue weighted by atomic mass is 32.1. The van der Waals surface area contributed by atoms with Crippen molar-refractivity contribution in [2.75, 3.05) is 19.0 Å². The second kappa shape index (κ2) is 9.81. The Bertz CT molecular complexity index is 901. The quantitative estimate of drug-likeness (QED) is 0.673. The number of fused-ring (bicyclic) bond motifs is 1. The summed E-state index contributed by atoms with van der Waals surface area (Å²) < 4.78 is 5.30. The first-order chi connectivity index (χ1) is 15.1. The van der Waals surface area contributed by atoms with Crippen LogP contribution in [0.3, 0.4) is 0 Å². The molecule has 1 aromatic carbocycles. The van der Waals surface area contributed by atoms with Crippen LogP contribution >= 0.6 is 11.3 Å². The number of benzene rings is 1. The highest BCUT2D eigenvalue weighted by Crippen LogP contribution is 2.39. The molecule has 0 radical (unpaired) electrons. The lowest BCUT2D eigenvalue weighted by atomic mass is 9.83. The number of nitrogens with one attached hydrogen (secondary N) is 1. The third-order valence-corrected chi connectivity index (χ3v) is 7.40. The zero-order valence-electron chi connectivity index (χ0n) is 18.4. The minimum Gasteiger partial charge on any atom is -0.497 e. The van der Waals surface area contributed by atoms with Crippen molar-refractivity contribution in [2.45, 2.75) is 64.3 Å². The lowest BCUT2D eigenvalue weighted by Gasteiger charge is -2.41. The Morgan fingerprint density at radius 1 is 1.23 bits per heavy atom. The standard InChI is InChI=1S/C24H31N3O3S/c1-3-4-15-27-21(28)14-13-18(22(27)16-9-11-17(30-2)12-10-16)23(29)26-24-25-19-7-5-6-8-20(19)31-24/h9-12,18,22H,3-8,13-15H2,1-2H3,(H,25,26,29)/t18-,22-/m1/s1. The molecule has 2 aromatic rings. The van der Waals surface area contributed by atoms with Gasteiger partial charge in [-0.25, -0.2) is 4.98 Å². The van der Waals surface area contributed by atoms with E-state index in [0.717, 1.165) is 42.7 Å². The number of carbonyl (C=O) groups excluding carboxylic acids is 2. The van der Waals surface area contributed by atoms with Crippen molar-refractivity contribution >= 4 is 28.3 Å². The normalized spacial score (nSPS) is 21.0. The SMILES string of the molecule is CCCCN1C(=O)CC[C@@H](C(=O)Nc2nc3c(s2)CCCC3)[C@H]1c1ccc(OC)cc1. The number of thiazole rings is 1. The van der Waals surface area contributed by atoms with Crippen molar-refractivity contribution in [3.8, 4) is 5.75 Å². The van der Waals surface area contributed by atoms with Crippen LogP contribution in [0.25, 0.3) is 0 Å². The molecule has 2 aliphatic rings. The Labute approximate surface area is 188 Å². The van der Waals surface area contributed by atoms with E-state index in [9.17, 15) is 9.59 Å². The number of methoxy groups -OCH3 is 1. The molecule has 0 saturated carbocycles. The van der Waals surface area contributed by atoms with Crippen LogP contribution in [0.15, 0.2) is 24.3 Å². The lowest BCUT2D eigenvalue weighted by Crippen LogP contribution is -2.47. The fourth-order valence-corrected chi connectivity index (χ4v) is 5.69. The summed E-state index contributed by atoms with van der Waals surface area (Å²) in [5.41, 5.74) is 2.12. The van der Waals surface area contributed by atoms with Gasteiger partial charge < -0.3 is 15.0 Å². The van der Waals surface area contributed by atoms with Gasteiger partial charge in [-0.05, 0) is 56.2 Å². The minimum absolute atomic E-state index is 0.0408. The number of hydrogen-bond acceptors (Lipinski definition) is 5. The van der Waals surface area contributed by atoms with E-state index >= 15 is 0 Å². The van der Waals surface area contributed by atoms with Gasteiger partial charge >= 0.3 is 0 Å². The maximum absolute atomic E-state index is 13.4. The Morgan fingerprint density at radius 3 is 2.71 bits per heavy atom. The van der Waals surface area contributed by atoms with Gasteiger partial charge in [0.25, 0.3) is 0 Å². The lowest BCUT2D eigenvalue weighted by molar-refractivity contribution is -0.142. The second-order valence-corrected chi connectivity index (χ2v) is 9.47. The number of ether oxygens (including phenoxy) is 1. The van der Waals surface area contributed by atoms with Gasteiger partial charge in [-0.2, -0.15) is 0 Å². The second-order valence-electron chi connectivity index (χ2n) is 8.39. The molecule has 1 N–H and O–H groups in total. The molecular weight excluding hydrogens is 410 g/mol. The maximum atomic E-state index is 13.4. The van der Waals surface area contributed by atoms with Gasteiger partial charge in [-0.1, -0.05) is 25.5 Å². The summed E-state index contributed by atoms with van der Waals surface area (Å²) in [6, 6.07) is 7.48. The highest BCUT2D eigenvalue weighted by molar-refractivity contribution is 7.15. The number of amides is 2. The molecule has 2 atom stereocenters. The van der Waals surface area contributed by atoms with Crippen LogP contribution in [0.2, 0.25) is 0 Å². The zero-order chi connectivity index (χ0) is 21.8. The molecule has 31 heavy (non-hydrogen) atoms. The van der Waals surface area contributed by atoms with E-state index in [1.165, 1.54) is 17.7 Å². The number of aromatic nitrogens is 1. The number of carbonyl (C=O) groups is 2. The molecule has 4 rings (SSSR count). The fourth-order valence-electron chi connectivity index (χ4n) is 4.64. The van der Waals surface area contributed by atoms with Gasteiger partial charge in [0.1, 0.15) is 5.75 Å². The molecule has 0 bridgehead atoms. The van der Waals surface area contributed by atoms with Gasteiger partial charge in [0, 0.05) is 17.8 Å². The van der Waals surface area contributed by atoms with Crippen LogP contribution in [0.5, 0.6) is 5.75 Å². The number of hydrogen-bond donors (Lipinski definition) is 1. The summed E-state index contributed by atoms with van der Waals surface area (Å²) in [4.78, 5) is 34.1. The van der Waals surface area contributed by atoms with E-state index < -0.39 is 0 Å². The van der Waals surface area contributed by atoms with Crippen LogP contribution < -0.4 is 10.1 Å². The molecule has 1 aromatic heterocycles. The average molecular weight is 442 g/mol. The first-order valence-electron chi connectivity index (χ1n) is 11.3. The molecule has 1 aliphatic heterocycles. The summed E-state index contributed by atoms with van der Waals surface area (Å²) in [5, 5.41) is 3.79. The Kier molecular flexibility index (Phi) is 6.90. The maximum Gasteiger partial charge on any atom is 0.231 e. The Morgan fingerprint density at radius 2 is 2.00 bits per heavy atom. The molecule has 6 nitrogen and oxygen atoms in total. The van der Waals surface area contributed by atoms with E-state index in [1.54, 1.807) is 18.4 Å². The number of likely N-dealkylation sites (tertiary alicyclic amines) is 1. The number of piperidine rings is 1. The van der Waals surface area contributed by atoms with Crippen molar-refractivity contribution in [3.05, 3.63) is 40.4 Å². The Balaban J connectivity index is 1.59. The molecule has 2 amide bonds. The highest BCUT2D eigenvalue weighted by Gasteiger charge is 2.40. The van der Waals surface area contributed by atoms with E-state index in [4.69, 9.17) is 4.74 Å². The fraction of sp³-hybridized carbons (Fsp3) is 0.542. The van der Waals surface area contributed by atoms with Gasteiger partial charge in [-0.3, -0.25) is 9.59 Å². The summed E-state index contributed by atoms with van der Waals surface area (Å²) in [7, 11) is 1.64. The van der Waals surface area contributed by atoms with Crippen LogP contribution in [-0.2, 0) is 22.4 Å². The first-order valence-corrected chi connectivity index (χ1v) is 12.1. The predicted molar refractivity (Wildman–Crippen MR) is 122 cm³/mol. The minimum atomic E-state index is -0.302. The van der Waals surface area contributed by atoms with E-state index in [-0.39, 0.29) is 23.8 Å². The monoisotopic (exact) mass is 441 g/mol. The van der Waals surface area contributed by atoms with Gasteiger partial charge in [0.05, 0.1) is 24.8 Å². The number of unbranched alkanes of at least 4 members (excludes halogenated alkanes) is 1. The summed E-state index contributed by atoms with van der Waals surface area (Å²) >= 11 is 1.60. The third kappa shape index (κ3) is 4.76. The molecule has 0 unspecified atom stereocenters. The van der Waals surface area contributed by atoms with Crippen molar-refractivity contribution in [1.82, 2.24) is 9.88 Å². The van der Waals surface area contributed by atoms with E-state index in [2.05, 4.69) is 17.2 Å². The van der Waals surface area contributed by atoms with Crippen LogP contribution in [0.1, 0.15) is 67.6 Å². The summed E-state index contributed by atoms with van der Waals surface area (Å²) in [6.07, 6.45) is 7.30. The number of nitrogens with zero attached hydrogens (tertiary/aromatic N) is 2. The van der Waals surface area contributed by atoms with Gasteiger partial charge in [-0.15, -0.1) is 11.3 Å². The molecule has 7 heteroatoms. The molecule has 0 spiro atoms. The predicted octanol–water partition coefficient (Wildman–Crippen LogP) is 4.75. The van der Waals surface area contributed by atoms with Gasteiger partial charge in [0.2, 0.25) is 11.8 Å². The van der Waals surface area contributed by atoms with E-state index in [1.807, 2.05) is 29.2 Å². The number of anilines is 1. The average Bonchev–Trinajstić information content (AvgIpc) is 3.20. The van der Waals surface area contributed by atoms with E-state index in [0.29, 0.717) is 24.5 Å². The summed E-state index contributed by atoms with van der Waals surface area (Å²) in [5.74, 6) is 0.549. The molecule has 2 heterocycles. The molecule has 1 aliphatic carbocycles. The van der Waals surface area contributed by atoms with Crippen molar-refractivity contribution in [2.24, 2.45) is 5.92 Å². The van der Waals surface area contributed by atoms with Crippen molar-refractivity contribution in [3.63, 3.8) is 0 Å². The van der Waals surface area contributed by atoms with Crippen LogP contribution in [0, 0.1) is 5.92 Å². The number of aryl methyl sites for hydroxylation is 2. The molecule has 1 fully saturated rings. The molecule has 166 valence electrons. The van der Waals surface area contributed by atoms with Crippen molar-refractivity contribution < 1.29 is 14.3 Å². The topological polar surface area (TPSA) is 71.5 Å². The molecular formula is C24H31N3O3S.